The topological polar surface area (TPSA) is 68.3 Å². The molecule has 2 atom stereocenters. The Morgan fingerprint density at radius 2 is 2.12 bits per heavy atom. The summed E-state index contributed by atoms with van der Waals surface area (Å²) in [4.78, 5) is 25.8. The molecule has 0 radical (unpaired) electrons. The van der Waals surface area contributed by atoms with Crippen LogP contribution in [-0.4, -0.2) is 27.6 Å². The maximum atomic E-state index is 12.5. The van der Waals surface area contributed by atoms with Crippen molar-refractivity contribution in [2.24, 2.45) is 5.92 Å². The molecule has 0 N–H and O–H groups in total. The monoisotopic (exact) mass is 329 g/mol. The molecule has 1 fully saturated rings. The van der Waals surface area contributed by atoms with E-state index in [2.05, 4.69) is 12.0 Å². The molecule has 6 heteroatoms. The van der Waals surface area contributed by atoms with Gasteiger partial charge in [-0.2, -0.15) is 5.10 Å². The van der Waals surface area contributed by atoms with Crippen LogP contribution in [0, 0.1) is 5.92 Å². The van der Waals surface area contributed by atoms with Gasteiger partial charge in [0.2, 0.25) is 0 Å². The molecule has 0 aliphatic heterocycles. The quantitative estimate of drug-likeness (QED) is 0.817. The Kier molecular flexibility index (Phi) is 4.55. The van der Waals surface area contributed by atoms with E-state index in [0.717, 1.165) is 17.9 Å². The Hall–Kier alpha value is -2.37. The number of furan rings is 1. The van der Waals surface area contributed by atoms with E-state index in [1.807, 2.05) is 19.1 Å². The maximum absolute atomic E-state index is 12.5. The zero-order valence-corrected chi connectivity index (χ0v) is 14.4. The first-order chi connectivity index (χ1) is 11.5. The Morgan fingerprint density at radius 3 is 2.79 bits per heavy atom. The number of amides is 1. The molecule has 2 aromatic rings. The van der Waals surface area contributed by atoms with Gasteiger partial charge in [0, 0.05) is 25.6 Å². The van der Waals surface area contributed by atoms with E-state index < -0.39 is 0 Å². The highest BCUT2D eigenvalue weighted by Crippen LogP contribution is 2.47. The molecule has 2 unspecified atom stereocenters. The molecular weight excluding hydrogens is 306 g/mol. The number of nitrogens with zero attached hydrogens (tertiary/aromatic N) is 3. The maximum Gasteiger partial charge on any atom is 0.274 e. The summed E-state index contributed by atoms with van der Waals surface area (Å²) in [5, 5.41) is 4.16. The van der Waals surface area contributed by atoms with Gasteiger partial charge in [0.05, 0.1) is 6.54 Å². The Labute approximate surface area is 141 Å². The van der Waals surface area contributed by atoms with Gasteiger partial charge < -0.3 is 9.32 Å². The van der Waals surface area contributed by atoms with Crippen molar-refractivity contribution in [1.29, 1.82) is 0 Å². The minimum Gasteiger partial charge on any atom is -0.464 e. The summed E-state index contributed by atoms with van der Waals surface area (Å²) in [5.41, 5.74) is 0.0819. The molecule has 6 nitrogen and oxygen atoms in total. The molecule has 128 valence electrons. The third-order valence-corrected chi connectivity index (χ3v) is 4.42. The van der Waals surface area contributed by atoms with Gasteiger partial charge in [-0.15, -0.1) is 0 Å². The van der Waals surface area contributed by atoms with E-state index in [1.165, 1.54) is 23.2 Å². The van der Waals surface area contributed by atoms with Crippen LogP contribution < -0.4 is 5.56 Å². The summed E-state index contributed by atoms with van der Waals surface area (Å²) in [5.74, 6) is 2.76. The number of aryl methyl sites for hydroxylation is 1. The number of rotatable bonds is 6. The van der Waals surface area contributed by atoms with Gasteiger partial charge in [-0.1, -0.05) is 13.8 Å². The Balaban J connectivity index is 1.69. The van der Waals surface area contributed by atoms with E-state index in [0.29, 0.717) is 24.9 Å². The lowest BCUT2D eigenvalue weighted by atomic mass is 10.3. The predicted octanol–water partition coefficient (Wildman–Crippen LogP) is 2.64. The summed E-state index contributed by atoms with van der Waals surface area (Å²) in [6, 6.07) is 6.80. The molecule has 3 rings (SSSR count). The summed E-state index contributed by atoms with van der Waals surface area (Å²) in [6.45, 7) is 5.06. The SMILES string of the molecule is CCCn1nc(C(=O)N(C)Cc2ccc(C3CC3C)o2)ccc1=O. The Bertz CT molecular complexity index is 793. The molecule has 1 aliphatic rings. The second kappa shape index (κ2) is 6.63. The summed E-state index contributed by atoms with van der Waals surface area (Å²) < 4.78 is 7.18. The highest BCUT2D eigenvalue weighted by atomic mass is 16.3. The van der Waals surface area contributed by atoms with Crippen LogP contribution in [0.25, 0.3) is 0 Å². The molecule has 0 saturated heterocycles. The van der Waals surface area contributed by atoms with E-state index in [4.69, 9.17) is 4.42 Å². The first-order valence-electron chi connectivity index (χ1n) is 8.41. The van der Waals surface area contributed by atoms with E-state index in [1.54, 1.807) is 11.9 Å². The lowest BCUT2D eigenvalue weighted by Gasteiger charge is -2.15. The average Bonchev–Trinajstić information content (AvgIpc) is 3.11. The lowest BCUT2D eigenvalue weighted by Crippen LogP contribution is -2.30. The number of aromatic nitrogens is 2. The highest BCUT2D eigenvalue weighted by Gasteiger charge is 2.36. The fourth-order valence-corrected chi connectivity index (χ4v) is 2.83. The molecule has 0 aromatic carbocycles. The first kappa shape index (κ1) is 16.5. The van der Waals surface area contributed by atoms with Crippen LogP contribution in [0.2, 0.25) is 0 Å². The Morgan fingerprint density at radius 1 is 1.38 bits per heavy atom. The third-order valence-electron chi connectivity index (χ3n) is 4.42. The van der Waals surface area contributed by atoms with E-state index >= 15 is 0 Å². The summed E-state index contributed by atoms with van der Waals surface area (Å²) in [7, 11) is 1.71. The van der Waals surface area contributed by atoms with Crippen molar-refractivity contribution in [1.82, 2.24) is 14.7 Å². The van der Waals surface area contributed by atoms with Gasteiger partial charge in [-0.3, -0.25) is 9.59 Å². The van der Waals surface area contributed by atoms with Gasteiger partial charge in [-0.05, 0) is 37.0 Å². The standard InChI is InChI=1S/C18H23N3O3/c1-4-9-21-17(22)8-6-15(19-21)18(23)20(3)11-13-5-7-16(24-13)14-10-12(14)2/h5-8,12,14H,4,9-11H2,1-3H3. The van der Waals surface area contributed by atoms with Gasteiger partial charge in [-0.25, -0.2) is 4.68 Å². The van der Waals surface area contributed by atoms with E-state index in [-0.39, 0.29) is 17.2 Å². The van der Waals surface area contributed by atoms with Crippen molar-refractivity contribution in [3.8, 4) is 0 Å². The van der Waals surface area contributed by atoms with Crippen molar-refractivity contribution in [3.05, 3.63) is 51.8 Å². The van der Waals surface area contributed by atoms with Crippen LogP contribution >= 0.6 is 0 Å². The van der Waals surface area contributed by atoms with Crippen LogP contribution in [0.1, 0.15) is 54.6 Å². The molecular formula is C18H23N3O3. The molecule has 0 spiro atoms. The van der Waals surface area contributed by atoms with Gasteiger partial charge in [0.15, 0.2) is 0 Å². The minimum absolute atomic E-state index is 0.190. The fourth-order valence-electron chi connectivity index (χ4n) is 2.83. The number of hydrogen-bond donors (Lipinski definition) is 0. The smallest absolute Gasteiger partial charge is 0.274 e. The molecule has 2 aromatic heterocycles. The van der Waals surface area contributed by atoms with Crippen LogP contribution in [0.4, 0.5) is 0 Å². The zero-order chi connectivity index (χ0) is 17.3. The molecule has 24 heavy (non-hydrogen) atoms. The average molecular weight is 329 g/mol. The normalized spacial score (nSPS) is 19.3. The van der Waals surface area contributed by atoms with Crippen LogP contribution in [-0.2, 0) is 13.1 Å². The molecule has 1 aliphatic carbocycles. The van der Waals surface area contributed by atoms with Crippen LogP contribution in [0.15, 0.2) is 33.5 Å². The third kappa shape index (κ3) is 3.42. The lowest BCUT2D eigenvalue weighted by molar-refractivity contribution is 0.0766. The number of carbonyl (C=O) groups excluding carboxylic acids is 1. The van der Waals surface area contributed by atoms with Crippen molar-refractivity contribution >= 4 is 5.91 Å². The van der Waals surface area contributed by atoms with Crippen molar-refractivity contribution < 1.29 is 9.21 Å². The van der Waals surface area contributed by atoms with Gasteiger partial charge in [0.1, 0.15) is 17.2 Å². The fraction of sp³-hybridized carbons (Fsp3) is 0.500. The molecule has 2 heterocycles. The first-order valence-corrected chi connectivity index (χ1v) is 8.41. The number of hydrogen-bond acceptors (Lipinski definition) is 4. The van der Waals surface area contributed by atoms with Gasteiger partial charge in [0.25, 0.3) is 11.5 Å². The summed E-state index contributed by atoms with van der Waals surface area (Å²) in [6.07, 6.45) is 1.96. The number of carbonyl (C=O) groups is 1. The second-order valence-electron chi connectivity index (χ2n) is 6.56. The van der Waals surface area contributed by atoms with Crippen LogP contribution in [0.3, 0.4) is 0 Å². The van der Waals surface area contributed by atoms with Crippen molar-refractivity contribution in [2.45, 2.75) is 45.7 Å². The minimum atomic E-state index is -0.224. The molecule has 0 bridgehead atoms. The predicted molar refractivity (Wildman–Crippen MR) is 89.8 cm³/mol. The molecule has 1 amide bonds. The second-order valence-corrected chi connectivity index (χ2v) is 6.56. The van der Waals surface area contributed by atoms with Crippen LogP contribution in [0.5, 0.6) is 0 Å². The van der Waals surface area contributed by atoms with Crippen molar-refractivity contribution in [3.63, 3.8) is 0 Å². The van der Waals surface area contributed by atoms with Gasteiger partial charge >= 0.3 is 0 Å². The zero-order valence-electron chi connectivity index (χ0n) is 14.4. The molecule has 1 saturated carbocycles. The highest BCUT2D eigenvalue weighted by molar-refractivity contribution is 5.91. The van der Waals surface area contributed by atoms with Crippen molar-refractivity contribution in [2.75, 3.05) is 7.05 Å². The summed E-state index contributed by atoms with van der Waals surface area (Å²) >= 11 is 0. The van der Waals surface area contributed by atoms with E-state index in [9.17, 15) is 9.59 Å². The largest absolute Gasteiger partial charge is 0.464 e.